The van der Waals surface area contributed by atoms with Gasteiger partial charge in [-0.2, -0.15) is 0 Å². The minimum Gasteiger partial charge on any atom is -0.497 e. The van der Waals surface area contributed by atoms with E-state index in [0.717, 1.165) is 77.2 Å². The molecule has 0 atom stereocenters. The van der Waals surface area contributed by atoms with Crippen molar-refractivity contribution in [2.75, 3.05) is 52.9 Å². The first kappa shape index (κ1) is 20.9. The van der Waals surface area contributed by atoms with Gasteiger partial charge < -0.3 is 26.4 Å². The summed E-state index contributed by atoms with van der Waals surface area (Å²) in [5.74, 6) is 0.922. The molecule has 1 aromatic carbocycles. The van der Waals surface area contributed by atoms with Gasteiger partial charge in [-0.05, 0) is 95.6 Å². The maximum absolute atomic E-state index is 5.61. The predicted octanol–water partition coefficient (Wildman–Crippen LogP) is 1.61. The number of hydrogen-bond donors (Lipinski definition) is 3. The second-order valence-electron chi connectivity index (χ2n) is 6.18. The molecule has 5 nitrogen and oxygen atoms in total. The minimum atomic E-state index is 0.767. The predicted molar refractivity (Wildman–Crippen MR) is 103 cm³/mol. The summed E-state index contributed by atoms with van der Waals surface area (Å²) in [5, 5.41) is 3.55. The fourth-order valence-electron chi connectivity index (χ4n) is 2.73. The Hall–Kier alpha value is -1.14. The van der Waals surface area contributed by atoms with Crippen LogP contribution in [0.5, 0.6) is 5.75 Å². The Morgan fingerprint density at radius 3 is 2.04 bits per heavy atom. The molecule has 1 rings (SSSR count). The van der Waals surface area contributed by atoms with Crippen molar-refractivity contribution in [3.8, 4) is 5.75 Å². The van der Waals surface area contributed by atoms with Gasteiger partial charge in [0.1, 0.15) is 5.75 Å². The number of hydrogen-bond acceptors (Lipinski definition) is 5. The average molecular weight is 337 g/mol. The molecule has 138 valence electrons. The highest BCUT2D eigenvalue weighted by Crippen LogP contribution is 2.12. The molecule has 0 amide bonds. The molecule has 0 radical (unpaired) electrons. The van der Waals surface area contributed by atoms with Crippen LogP contribution in [0.2, 0.25) is 0 Å². The minimum absolute atomic E-state index is 0.767. The third-order valence-corrected chi connectivity index (χ3v) is 4.16. The van der Waals surface area contributed by atoms with Crippen LogP contribution in [0.25, 0.3) is 0 Å². The van der Waals surface area contributed by atoms with E-state index in [4.69, 9.17) is 16.2 Å². The molecule has 0 unspecified atom stereocenters. The van der Waals surface area contributed by atoms with Crippen LogP contribution < -0.4 is 21.5 Å². The summed E-state index contributed by atoms with van der Waals surface area (Å²) in [4.78, 5) is 2.48. The smallest absolute Gasteiger partial charge is 0.118 e. The Labute approximate surface area is 147 Å². The van der Waals surface area contributed by atoms with Gasteiger partial charge in [-0.15, -0.1) is 0 Å². The first-order valence-corrected chi connectivity index (χ1v) is 9.26. The maximum Gasteiger partial charge on any atom is 0.118 e. The van der Waals surface area contributed by atoms with E-state index in [2.05, 4.69) is 22.3 Å². The zero-order valence-corrected chi connectivity index (χ0v) is 15.3. The molecule has 0 fully saturated rings. The van der Waals surface area contributed by atoms with E-state index in [1.54, 1.807) is 7.11 Å². The van der Waals surface area contributed by atoms with Crippen LogP contribution in [0, 0.1) is 0 Å². The summed E-state index contributed by atoms with van der Waals surface area (Å²) in [6, 6.07) is 8.34. The fourth-order valence-corrected chi connectivity index (χ4v) is 2.73. The van der Waals surface area contributed by atoms with E-state index in [1.165, 1.54) is 12.0 Å². The standard InChI is InChI=1S/C19H36N4O/c1-24-19-9-7-18(8-10-19)6-2-13-22-14-5-17-23(15-3-11-20)16-4-12-21/h7-10,22H,2-6,11-17,20-21H2,1H3. The van der Waals surface area contributed by atoms with E-state index in [0.29, 0.717) is 0 Å². The number of methoxy groups -OCH3 is 1. The molecular weight excluding hydrogens is 300 g/mol. The third-order valence-electron chi connectivity index (χ3n) is 4.16. The van der Waals surface area contributed by atoms with E-state index < -0.39 is 0 Å². The van der Waals surface area contributed by atoms with E-state index >= 15 is 0 Å². The Bertz CT molecular complexity index is 389. The van der Waals surface area contributed by atoms with Crippen LogP contribution >= 0.6 is 0 Å². The van der Waals surface area contributed by atoms with Gasteiger partial charge in [-0.1, -0.05) is 12.1 Å². The van der Waals surface area contributed by atoms with Gasteiger partial charge in [0.25, 0.3) is 0 Å². The lowest BCUT2D eigenvalue weighted by molar-refractivity contribution is 0.265. The van der Waals surface area contributed by atoms with Gasteiger partial charge in [-0.25, -0.2) is 0 Å². The summed E-state index contributed by atoms with van der Waals surface area (Å²) in [5.41, 5.74) is 12.6. The number of ether oxygens (including phenoxy) is 1. The molecule has 0 heterocycles. The highest BCUT2D eigenvalue weighted by atomic mass is 16.5. The van der Waals surface area contributed by atoms with Crippen LogP contribution in [0.1, 0.15) is 31.2 Å². The van der Waals surface area contributed by atoms with Crippen molar-refractivity contribution < 1.29 is 4.74 Å². The van der Waals surface area contributed by atoms with Crippen molar-refractivity contribution in [1.82, 2.24) is 10.2 Å². The van der Waals surface area contributed by atoms with Crippen molar-refractivity contribution in [1.29, 1.82) is 0 Å². The number of nitrogens with two attached hydrogens (primary N) is 2. The zero-order chi connectivity index (χ0) is 17.5. The number of benzene rings is 1. The van der Waals surface area contributed by atoms with Gasteiger partial charge in [0, 0.05) is 0 Å². The van der Waals surface area contributed by atoms with Gasteiger partial charge in [0.2, 0.25) is 0 Å². The van der Waals surface area contributed by atoms with Crippen molar-refractivity contribution >= 4 is 0 Å². The second-order valence-corrected chi connectivity index (χ2v) is 6.18. The molecule has 5 N–H and O–H groups in total. The number of nitrogens with zero attached hydrogens (tertiary/aromatic N) is 1. The normalized spacial score (nSPS) is 11.2. The van der Waals surface area contributed by atoms with Gasteiger partial charge >= 0.3 is 0 Å². The molecule has 0 spiro atoms. The molecule has 0 aliphatic rings. The summed E-state index contributed by atoms with van der Waals surface area (Å²) in [6.07, 6.45) is 5.59. The van der Waals surface area contributed by atoms with E-state index in [1.807, 2.05) is 12.1 Å². The number of nitrogens with one attached hydrogen (secondary N) is 1. The van der Waals surface area contributed by atoms with Crippen molar-refractivity contribution in [2.45, 2.75) is 32.1 Å². The molecule has 1 aromatic rings. The van der Waals surface area contributed by atoms with Crippen LogP contribution in [-0.4, -0.2) is 57.8 Å². The number of rotatable bonds is 15. The average Bonchev–Trinajstić information content (AvgIpc) is 2.63. The number of aryl methyl sites for hydroxylation is 1. The summed E-state index contributed by atoms with van der Waals surface area (Å²) in [6.45, 7) is 6.99. The Morgan fingerprint density at radius 2 is 1.46 bits per heavy atom. The summed E-state index contributed by atoms with van der Waals surface area (Å²) < 4.78 is 5.18. The molecular formula is C19H36N4O. The highest BCUT2D eigenvalue weighted by molar-refractivity contribution is 5.27. The maximum atomic E-state index is 5.61. The van der Waals surface area contributed by atoms with Crippen LogP contribution in [0.15, 0.2) is 24.3 Å². The molecule has 0 aromatic heterocycles. The second kappa shape index (κ2) is 14.2. The van der Waals surface area contributed by atoms with E-state index in [9.17, 15) is 0 Å². The van der Waals surface area contributed by atoms with Crippen molar-refractivity contribution in [3.05, 3.63) is 29.8 Å². The fraction of sp³-hybridized carbons (Fsp3) is 0.684. The van der Waals surface area contributed by atoms with Crippen LogP contribution in [-0.2, 0) is 6.42 Å². The first-order chi connectivity index (χ1) is 11.8. The lowest BCUT2D eigenvalue weighted by Gasteiger charge is -2.21. The third kappa shape index (κ3) is 9.88. The summed E-state index contributed by atoms with van der Waals surface area (Å²) >= 11 is 0. The van der Waals surface area contributed by atoms with Gasteiger partial charge in [0.05, 0.1) is 7.11 Å². The van der Waals surface area contributed by atoms with Crippen molar-refractivity contribution in [2.24, 2.45) is 11.5 Å². The lowest BCUT2D eigenvalue weighted by Crippen LogP contribution is -2.31. The van der Waals surface area contributed by atoms with Gasteiger partial charge in [0.15, 0.2) is 0 Å². The Morgan fingerprint density at radius 1 is 0.875 bits per heavy atom. The summed E-state index contributed by atoms with van der Waals surface area (Å²) in [7, 11) is 1.70. The molecule has 0 aliphatic heterocycles. The topological polar surface area (TPSA) is 76.5 Å². The Balaban J connectivity index is 2.05. The van der Waals surface area contributed by atoms with Crippen LogP contribution in [0.4, 0.5) is 0 Å². The van der Waals surface area contributed by atoms with Gasteiger partial charge in [-0.3, -0.25) is 0 Å². The largest absolute Gasteiger partial charge is 0.497 e. The molecule has 24 heavy (non-hydrogen) atoms. The molecule has 0 saturated heterocycles. The molecule has 5 heteroatoms. The van der Waals surface area contributed by atoms with Crippen molar-refractivity contribution in [3.63, 3.8) is 0 Å². The molecule has 0 saturated carbocycles. The Kier molecular flexibility index (Phi) is 12.4. The SMILES string of the molecule is COc1ccc(CCCNCCCN(CCCN)CCCN)cc1. The van der Waals surface area contributed by atoms with E-state index in [-0.39, 0.29) is 0 Å². The lowest BCUT2D eigenvalue weighted by atomic mass is 10.1. The highest BCUT2D eigenvalue weighted by Gasteiger charge is 2.03. The molecule has 0 bridgehead atoms. The first-order valence-electron chi connectivity index (χ1n) is 9.26. The monoisotopic (exact) mass is 336 g/mol. The zero-order valence-electron chi connectivity index (χ0n) is 15.3. The quantitative estimate of drug-likeness (QED) is 0.424. The van der Waals surface area contributed by atoms with Crippen LogP contribution in [0.3, 0.4) is 0 Å². The molecule has 0 aliphatic carbocycles.